The number of carbonyl (C=O) groups excluding carboxylic acids is 2. The molecule has 120 valence electrons. The molecule has 1 aromatic carbocycles. The van der Waals surface area contributed by atoms with Gasteiger partial charge in [-0.05, 0) is 48.0 Å². The molecular formula is C15H17BrO6. The summed E-state index contributed by atoms with van der Waals surface area (Å²) in [5, 5.41) is 0. The second-order valence-corrected chi connectivity index (χ2v) is 4.73. The van der Waals surface area contributed by atoms with Crippen LogP contribution in [0.2, 0.25) is 0 Å². The number of rotatable bonds is 7. The second-order valence-electron chi connectivity index (χ2n) is 3.88. The van der Waals surface area contributed by atoms with E-state index in [1.807, 2.05) is 0 Å². The molecule has 7 heteroatoms. The Labute approximate surface area is 137 Å². The van der Waals surface area contributed by atoms with Crippen molar-refractivity contribution in [1.82, 2.24) is 0 Å². The molecule has 1 aromatic rings. The van der Waals surface area contributed by atoms with Crippen LogP contribution in [-0.2, 0) is 19.1 Å². The molecular weight excluding hydrogens is 356 g/mol. The zero-order chi connectivity index (χ0) is 16.5. The van der Waals surface area contributed by atoms with Crippen LogP contribution in [0.25, 0.3) is 0 Å². The Kier molecular flexibility index (Phi) is 7.45. The van der Waals surface area contributed by atoms with Crippen molar-refractivity contribution in [2.24, 2.45) is 0 Å². The lowest BCUT2D eigenvalue weighted by molar-refractivity contribution is -0.143. The third-order valence-electron chi connectivity index (χ3n) is 2.37. The van der Waals surface area contributed by atoms with Gasteiger partial charge in [-0.3, -0.25) is 0 Å². The molecule has 0 aromatic heterocycles. The Bertz CT molecular complexity index is 567. The second kappa shape index (κ2) is 9.09. The largest absolute Gasteiger partial charge is 0.497 e. The van der Waals surface area contributed by atoms with Crippen LogP contribution in [0, 0.1) is 0 Å². The molecule has 0 aliphatic heterocycles. The van der Waals surface area contributed by atoms with Crippen molar-refractivity contribution in [2.45, 2.75) is 13.8 Å². The van der Waals surface area contributed by atoms with Crippen LogP contribution in [0.4, 0.5) is 0 Å². The fourth-order valence-corrected chi connectivity index (χ4v) is 1.87. The van der Waals surface area contributed by atoms with Crippen molar-refractivity contribution < 1.29 is 28.5 Å². The summed E-state index contributed by atoms with van der Waals surface area (Å²) in [6.45, 7) is 3.67. The van der Waals surface area contributed by atoms with Gasteiger partial charge in [0.25, 0.3) is 0 Å². The van der Waals surface area contributed by atoms with Crippen molar-refractivity contribution >= 4 is 27.9 Å². The van der Waals surface area contributed by atoms with Gasteiger partial charge in [0, 0.05) is 0 Å². The average Bonchev–Trinajstić information content (AvgIpc) is 2.48. The standard InChI is InChI=1S/C15H17BrO6/c1-4-20-14(17)9-13(15(18)21-5-2)22-12-7-6-10(19-3)8-11(12)16/h6-9H,4-5H2,1-3H3/b13-9+. The lowest BCUT2D eigenvalue weighted by Crippen LogP contribution is -2.15. The summed E-state index contributed by atoms with van der Waals surface area (Å²) in [4.78, 5) is 23.4. The van der Waals surface area contributed by atoms with E-state index in [-0.39, 0.29) is 19.0 Å². The van der Waals surface area contributed by atoms with Gasteiger partial charge in [0.15, 0.2) is 0 Å². The minimum Gasteiger partial charge on any atom is -0.497 e. The van der Waals surface area contributed by atoms with E-state index in [0.717, 1.165) is 6.08 Å². The maximum absolute atomic E-state index is 11.9. The number of benzene rings is 1. The average molecular weight is 373 g/mol. The number of hydrogen-bond donors (Lipinski definition) is 0. The minimum atomic E-state index is -0.752. The molecule has 0 unspecified atom stereocenters. The molecule has 0 spiro atoms. The summed E-state index contributed by atoms with van der Waals surface area (Å²) in [5.74, 6) is -0.740. The molecule has 0 radical (unpaired) electrons. The van der Waals surface area contributed by atoms with Gasteiger partial charge in [0.1, 0.15) is 11.5 Å². The van der Waals surface area contributed by atoms with E-state index < -0.39 is 11.9 Å². The number of hydrogen-bond acceptors (Lipinski definition) is 6. The molecule has 0 amide bonds. The Morgan fingerprint density at radius 2 is 1.86 bits per heavy atom. The Morgan fingerprint density at radius 1 is 1.18 bits per heavy atom. The Balaban J connectivity index is 3.02. The van der Waals surface area contributed by atoms with Gasteiger partial charge in [-0.1, -0.05) is 0 Å². The first-order chi connectivity index (χ1) is 10.5. The Hall–Kier alpha value is -2.02. The molecule has 0 saturated carbocycles. The van der Waals surface area contributed by atoms with Crippen LogP contribution in [0.3, 0.4) is 0 Å². The Morgan fingerprint density at radius 3 is 2.41 bits per heavy atom. The van der Waals surface area contributed by atoms with Crippen molar-refractivity contribution in [1.29, 1.82) is 0 Å². The molecule has 0 N–H and O–H groups in total. The lowest BCUT2D eigenvalue weighted by Gasteiger charge is -2.11. The fourth-order valence-electron chi connectivity index (χ4n) is 1.43. The highest BCUT2D eigenvalue weighted by Crippen LogP contribution is 2.30. The first kappa shape index (κ1) is 18.0. The van der Waals surface area contributed by atoms with Crippen molar-refractivity contribution in [3.63, 3.8) is 0 Å². The summed E-state index contributed by atoms with van der Waals surface area (Å²) >= 11 is 3.30. The van der Waals surface area contributed by atoms with Crippen LogP contribution in [0.1, 0.15) is 13.8 Å². The predicted octanol–water partition coefficient (Wildman–Crippen LogP) is 2.85. The van der Waals surface area contributed by atoms with Crippen LogP contribution < -0.4 is 9.47 Å². The summed E-state index contributed by atoms with van der Waals surface area (Å²) < 4.78 is 20.7. The van der Waals surface area contributed by atoms with E-state index in [1.54, 1.807) is 32.0 Å². The normalized spacial score (nSPS) is 10.8. The van der Waals surface area contributed by atoms with Gasteiger partial charge in [-0.2, -0.15) is 0 Å². The maximum Gasteiger partial charge on any atom is 0.374 e. The van der Waals surface area contributed by atoms with E-state index in [9.17, 15) is 9.59 Å². The molecule has 0 aliphatic rings. The van der Waals surface area contributed by atoms with Crippen molar-refractivity contribution in [2.75, 3.05) is 20.3 Å². The third-order valence-corrected chi connectivity index (χ3v) is 2.99. The van der Waals surface area contributed by atoms with Gasteiger partial charge in [0.2, 0.25) is 5.76 Å². The molecule has 6 nitrogen and oxygen atoms in total. The van der Waals surface area contributed by atoms with Gasteiger partial charge in [-0.15, -0.1) is 0 Å². The van der Waals surface area contributed by atoms with Gasteiger partial charge >= 0.3 is 11.9 Å². The quantitative estimate of drug-likeness (QED) is 0.416. The minimum absolute atomic E-state index is 0.159. The number of halogens is 1. The lowest BCUT2D eigenvalue weighted by atomic mass is 10.3. The molecule has 0 atom stereocenters. The van der Waals surface area contributed by atoms with Crippen LogP contribution >= 0.6 is 15.9 Å². The molecule has 0 saturated heterocycles. The zero-order valence-electron chi connectivity index (χ0n) is 12.6. The highest BCUT2D eigenvalue weighted by molar-refractivity contribution is 9.10. The topological polar surface area (TPSA) is 71.1 Å². The molecule has 22 heavy (non-hydrogen) atoms. The van der Waals surface area contributed by atoms with Crippen LogP contribution in [0.15, 0.2) is 34.5 Å². The fraction of sp³-hybridized carbons (Fsp3) is 0.333. The maximum atomic E-state index is 11.9. The first-order valence-electron chi connectivity index (χ1n) is 6.58. The van der Waals surface area contributed by atoms with E-state index in [4.69, 9.17) is 18.9 Å². The SMILES string of the molecule is CCOC(=O)/C=C(/Oc1ccc(OC)cc1Br)C(=O)OCC. The number of methoxy groups -OCH3 is 1. The summed E-state index contributed by atoms with van der Waals surface area (Å²) in [6, 6.07) is 4.93. The van der Waals surface area contributed by atoms with Crippen molar-refractivity contribution in [3.8, 4) is 11.5 Å². The third kappa shape index (κ3) is 5.40. The monoisotopic (exact) mass is 372 g/mol. The number of esters is 2. The van der Waals surface area contributed by atoms with Crippen molar-refractivity contribution in [3.05, 3.63) is 34.5 Å². The highest BCUT2D eigenvalue weighted by Gasteiger charge is 2.17. The molecule has 0 heterocycles. The smallest absolute Gasteiger partial charge is 0.374 e. The molecule has 0 bridgehead atoms. The highest BCUT2D eigenvalue weighted by atomic mass is 79.9. The van der Waals surface area contributed by atoms with E-state index in [2.05, 4.69) is 15.9 Å². The van der Waals surface area contributed by atoms with Gasteiger partial charge in [0.05, 0.1) is 30.9 Å². The summed E-state index contributed by atoms with van der Waals surface area (Å²) in [6.07, 6.45) is 0.957. The zero-order valence-corrected chi connectivity index (χ0v) is 14.1. The van der Waals surface area contributed by atoms with Gasteiger partial charge < -0.3 is 18.9 Å². The predicted molar refractivity (Wildman–Crippen MR) is 82.7 cm³/mol. The summed E-state index contributed by atoms with van der Waals surface area (Å²) in [5.41, 5.74) is 0. The van der Waals surface area contributed by atoms with Crippen LogP contribution in [-0.4, -0.2) is 32.3 Å². The first-order valence-corrected chi connectivity index (χ1v) is 7.38. The number of carbonyl (C=O) groups is 2. The van der Waals surface area contributed by atoms with Gasteiger partial charge in [-0.25, -0.2) is 9.59 Å². The molecule has 0 aliphatic carbocycles. The van der Waals surface area contributed by atoms with E-state index in [1.165, 1.54) is 7.11 Å². The van der Waals surface area contributed by atoms with Crippen LogP contribution in [0.5, 0.6) is 11.5 Å². The summed E-state index contributed by atoms with van der Waals surface area (Å²) in [7, 11) is 1.53. The van der Waals surface area contributed by atoms with E-state index in [0.29, 0.717) is 16.0 Å². The molecule has 1 rings (SSSR count). The molecule has 0 fully saturated rings. The van der Waals surface area contributed by atoms with E-state index >= 15 is 0 Å². The number of ether oxygens (including phenoxy) is 4.